The van der Waals surface area contributed by atoms with Crippen LogP contribution < -0.4 is 0 Å². The summed E-state index contributed by atoms with van der Waals surface area (Å²) in [6, 6.07) is 0. The van der Waals surface area contributed by atoms with Crippen LogP contribution in [0.1, 0.15) is 38.2 Å². The van der Waals surface area contributed by atoms with E-state index in [2.05, 4.69) is 28.8 Å². The van der Waals surface area contributed by atoms with E-state index >= 15 is 0 Å². The van der Waals surface area contributed by atoms with Crippen molar-refractivity contribution in [1.82, 2.24) is 19.5 Å². The molecule has 0 bridgehead atoms. The molecular weight excluding hydrogens is 216 g/mol. The molecule has 0 aliphatic carbocycles. The minimum atomic E-state index is 0.0912. The molecule has 0 amide bonds. The maximum Gasteiger partial charge on any atom is 0.163 e. The molecule has 0 radical (unpaired) electrons. The van der Waals surface area contributed by atoms with Crippen LogP contribution in [0.3, 0.4) is 0 Å². The van der Waals surface area contributed by atoms with E-state index in [9.17, 15) is 0 Å². The Morgan fingerprint density at radius 2 is 2.12 bits per heavy atom. The summed E-state index contributed by atoms with van der Waals surface area (Å²) in [5.74, 6) is 1.16. The third-order valence-corrected chi connectivity index (χ3v) is 2.74. The van der Waals surface area contributed by atoms with E-state index in [1.165, 1.54) is 0 Å². The van der Waals surface area contributed by atoms with Crippen molar-refractivity contribution >= 4 is 11.2 Å². The molecule has 1 N–H and O–H groups in total. The first-order valence-electron chi connectivity index (χ1n) is 5.99. The molecular formula is C12H18N4O. The molecule has 0 aliphatic heterocycles. The first-order chi connectivity index (χ1) is 8.17. The van der Waals surface area contributed by atoms with Crippen molar-refractivity contribution in [2.24, 2.45) is 0 Å². The summed E-state index contributed by atoms with van der Waals surface area (Å²) in [5, 5.41) is 9.01. The zero-order valence-corrected chi connectivity index (χ0v) is 10.5. The van der Waals surface area contributed by atoms with Crippen LogP contribution in [-0.4, -0.2) is 31.2 Å². The van der Waals surface area contributed by atoms with Crippen LogP contribution in [-0.2, 0) is 13.0 Å². The van der Waals surface area contributed by atoms with Crippen LogP contribution in [0.15, 0.2) is 6.33 Å². The van der Waals surface area contributed by atoms with Crippen molar-refractivity contribution in [2.75, 3.05) is 6.61 Å². The topological polar surface area (TPSA) is 63.8 Å². The smallest absolute Gasteiger partial charge is 0.163 e. The Morgan fingerprint density at radius 3 is 2.71 bits per heavy atom. The van der Waals surface area contributed by atoms with E-state index in [1.807, 2.05) is 11.5 Å². The second-order valence-electron chi connectivity index (χ2n) is 4.37. The van der Waals surface area contributed by atoms with E-state index in [1.54, 1.807) is 6.33 Å². The molecule has 0 aromatic carbocycles. The van der Waals surface area contributed by atoms with Gasteiger partial charge in [-0.05, 0) is 5.92 Å². The Bertz CT molecular complexity index is 518. The van der Waals surface area contributed by atoms with Crippen molar-refractivity contribution < 1.29 is 5.11 Å². The summed E-state index contributed by atoms with van der Waals surface area (Å²) in [6.07, 6.45) is 2.53. The molecule has 5 nitrogen and oxygen atoms in total. The van der Waals surface area contributed by atoms with Crippen LogP contribution in [0.2, 0.25) is 0 Å². The van der Waals surface area contributed by atoms with E-state index in [-0.39, 0.29) is 6.61 Å². The monoisotopic (exact) mass is 234 g/mol. The van der Waals surface area contributed by atoms with Gasteiger partial charge in [0, 0.05) is 13.0 Å². The van der Waals surface area contributed by atoms with E-state index in [4.69, 9.17) is 5.11 Å². The number of aliphatic hydroxyl groups excluding tert-OH is 1. The maximum absolute atomic E-state index is 9.01. The number of hydrogen-bond acceptors (Lipinski definition) is 4. The van der Waals surface area contributed by atoms with Crippen LogP contribution in [0.5, 0.6) is 0 Å². The lowest BCUT2D eigenvalue weighted by atomic mass is 10.1. The average Bonchev–Trinajstić information content (AvgIpc) is 2.71. The van der Waals surface area contributed by atoms with Gasteiger partial charge in [0.25, 0.3) is 0 Å². The van der Waals surface area contributed by atoms with Crippen LogP contribution in [0.4, 0.5) is 0 Å². The molecule has 5 heteroatoms. The van der Waals surface area contributed by atoms with Crippen LogP contribution >= 0.6 is 0 Å². The molecule has 2 aromatic heterocycles. The van der Waals surface area contributed by atoms with E-state index in [0.717, 1.165) is 29.1 Å². The Hall–Kier alpha value is -1.49. The Balaban J connectivity index is 2.65. The van der Waals surface area contributed by atoms with Crippen molar-refractivity contribution in [2.45, 2.75) is 39.7 Å². The Morgan fingerprint density at radius 1 is 1.35 bits per heavy atom. The van der Waals surface area contributed by atoms with Crippen molar-refractivity contribution in [1.29, 1.82) is 0 Å². The summed E-state index contributed by atoms with van der Waals surface area (Å²) in [4.78, 5) is 13.4. The molecule has 0 aliphatic rings. The fourth-order valence-corrected chi connectivity index (χ4v) is 1.84. The Labute approximate surface area is 101 Å². The van der Waals surface area contributed by atoms with Gasteiger partial charge < -0.3 is 9.67 Å². The molecule has 2 heterocycles. The molecule has 2 aromatic rings. The molecule has 0 atom stereocenters. The third-order valence-electron chi connectivity index (χ3n) is 2.74. The lowest BCUT2D eigenvalue weighted by molar-refractivity contribution is 0.277. The maximum atomic E-state index is 9.01. The zero-order valence-electron chi connectivity index (χ0n) is 10.5. The minimum Gasteiger partial charge on any atom is -0.395 e. The van der Waals surface area contributed by atoms with Gasteiger partial charge in [-0.3, -0.25) is 0 Å². The van der Waals surface area contributed by atoms with Crippen molar-refractivity contribution in [3.8, 4) is 0 Å². The molecule has 0 fully saturated rings. The molecule has 0 saturated carbocycles. The van der Waals surface area contributed by atoms with Gasteiger partial charge in [-0.25, -0.2) is 15.0 Å². The standard InChI is InChI=1S/C12H18N4O/c1-4-9-14-10(8(2)3)11-12(15-9)16(5-6-17)7-13-11/h7-8,17H,4-6H2,1-3H3. The second-order valence-corrected chi connectivity index (χ2v) is 4.37. The van der Waals surface area contributed by atoms with Crippen molar-refractivity contribution in [3.05, 3.63) is 17.8 Å². The van der Waals surface area contributed by atoms with E-state index in [0.29, 0.717) is 12.5 Å². The molecule has 17 heavy (non-hydrogen) atoms. The molecule has 92 valence electrons. The van der Waals surface area contributed by atoms with Gasteiger partial charge in [-0.15, -0.1) is 0 Å². The van der Waals surface area contributed by atoms with Gasteiger partial charge in [0.15, 0.2) is 5.65 Å². The number of imidazole rings is 1. The summed E-state index contributed by atoms with van der Waals surface area (Å²) in [5.41, 5.74) is 2.67. The van der Waals surface area contributed by atoms with Gasteiger partial charge in [-0.1, -0.05) is 20.8 Å². The lowest BCUT2D eigenvalue weighted by Gasteiger charge is -2.08. The fourth-order valence-electron chi connectivity index (χ4n) is 1.84. The van der Waals surface area contributed by atoms with E-state index < -0.39 is 0 Å². The number of hydrogen-bond donors (Lipinski definition) is 1. The minimum absolute atomic E-state index is 0.0912. The van der Waals surface area contributed by atoms with Crippen molar-refractivity contribution in [3.63, 3.8) is 0 Å². The summed E-state index contributed by atoms with van der Waals surface area (Å²) >= 11 is 0. The molecule has 0 saturated heterocycles. The summed E-state index contributed by atoms with van der Waals surface area (Å²) in [7, 11) is 0. The van der Waals surface area contributed by atoms with Gasteiger partial charge in [-0.2, -0.15) is 0 Å². The number of fused-ring (bicyclic) bond motifs is 1. The predicted octanol–water partition coefficient (Wildman–Crippen LogP) is 1.50. The normalized spacial score (nSPS) is 11.6. The molecule has 0 unspecified atom stereocenters. The second kappa shape index (κ2) is 4.79. The van der Waals surface area contributed by atoms with Gasteiger partial charge in [0.1, 0.15) is 11.3 Å². The number of aromatic nitrogens is 4. The average molecular weight is 234 g/mol. The lowest BCUT2D eigenvalue weighted by Crippen LogP contribution is -2.06. The quantitative estimate of drug-likeness (QED) is 0.870. The first-order valence-corrected chi connectivity index (χ1v) is 5.99. The van der Waals surface area contributed by atoms with Crippen LogP contribution in [0, 0.1) is 0 Å². The molecule has 0 spiro atoms. The fraction of sp³-hybridized carbons (Fsp3) is 0.583. The highest BCUT2D eigenvalue weighted by Gasteiger charge is 2.14. The highest BCUT2D eigenvalue weighted by atomic mass is 16.3. The van der Waals surface area contributed by atoms with Gasteiger partial charge in [0.2, 0.25) is 0 Å². The number of aliphatic hydroxyl groups is 1. The number of aryl methyl sites for hydroxylation is 1. The Kier molecular flexibility index (Phi) is 3.38. The van der Waals surface area contributed by atoms with Crippen LogP contribution in [0.25, 0.3) is 11.2 Å². The van der Waals surface area contributed by atoms with Gasteiger partial charge >= 0.3 is 0 Å². The zero-order chi connectivity index (χ0) is 12.4. The van der Waals surface area contributed by atoms with Gasteiger partial charge in [0.05, 0.1) is 18.6 Å². The largest absolute Gasteiger partial charge is 0.395 e. The third kappa shape index (κ3) is 2.15. The first kappa shape index (κ1) is 12.0. The highest BCUT2D eigenvalue weighted by Crippen LogP contribution is 2.21. The summed E-state index contributed by atoms with van der Waals surface area (Å²) in [6.45, 7) is 6.86. The molecule has 2 rings (SSSR count). The predicted molar refractivity (Wildman–Crippen MR) is 65.9 cm³/mol. The summed E-state index contributed by atoms with van der Waals surface area (Å²) < 4.78 is 1.88. The SMILES string of the molecule is CCc1nc(C(C)C)c2ncn(CCO)c2n1. The number of rotatable bonds is 4. The highest BCUT2D eigenvalue weighted by molar-refractivity contribution is 5.74. The number of nitrogens with zero attached hydrogens (tertiary/aromatic N) is 4.